The van der Waals surface area contributed by atoms with Crippen LogP contribution in [0.4, 0.5) is 5.82 Å². The fourth-order valence-corrected chi connectivity index (χ4v) is 4.14. The van der Waals surface area contributed by atoms with Crippen molar-refractivity contribution >= 4 is 5.82 Å². The van der Waals surface area contributed by atoms with Crippen molar-refractivity contribution in [2.24, 2.45) is 0 Å². The van der Waals surface area contributed by atoms with Crippen molar-refractivity contribution in [2.45, 2.75) is 78.3 Å². The molecule has 0 spiro atoms. The first-order chi connectivity index (χ1) is 18.1. The molecule has 0 unspecified atom stereocenters. The molecule has 1 N–H and O–H groups in total. The molecule has 0 fully saturated rings. The highest BCUT2D eigenvalue weighted by molar-refractivity contribution is 5.30. The number of aromatic nitrogens is 3. The fraction of sp³-hybridized carbons (Fsp3) is 0.483. The van der Waals surface area contributed by atoms with Gasteiger partial charge in [-0.25, -0.2) is 9.48 Å². The third-order valence-corrected chi connectivity index (χ3v) is 6.14. The van der Waals surface area contributed by atoms with E-state index in [1.54, 1.807) is 0 Å². The number of aryl methyl sites for hydroxylation is 1. The van der Waals surface area contributed by atoms with Gasteiger partial charge in [0.1, 0.15) is 0 Å². The molecule has 3 aromatic rings. The van der Waals surface area contributed by atoms with Crippen LogP contribution in [0.2, 0.25) is 0 Å². The van der Waals surface area contributed by atoms with E-state index in [9.17, 15) is 9.59 Å². The van der Waals surface area contributed by atoms with E-state index >= 15 is 0 Å². The van der Waals surface area contributed by atoms with E-state index in [0.29, 0.717) is 32.0 Å². The van der Waals surface area contributed by atoms with Crippen LogP contribution in [0, 0.1) is 0 Å². The summed E-state index contributed by atoms with van der Waals surface area (Å²) in [6, 6.07) is 17.6. The molecule has 0 saturated heterocycles. The third kappa shape index (κ3) is 9.21. The molecule has 0 aliphatic rings. The van der Waals surface area contributed by atoms with Crippen LogP contribution in [0.3, 0.4) is 0 Å². The molecule has 0 saturated carbocycles. The Balaban J connectivity index is 1.63. The van der Waals surface area contributed by atoms with Gasteiger partial charge in [0, 0.05) is 13.1 Å². The molecule has 8 nitrogen and oxygen atoms in total. The van der Waals surface area contributed by atoms with E-state index in [1.807, 2.05) is 55.5 Å². The second-order valence-corrected chi connectivity index (χ2v) is 9.17. The van der Waals surface area contributed by atoms with E-state index in [0.717, 1.165) is 56.1 Å². The number of unbranched alkanes of at least 4 members (excludes halogenated alkanes) is 5. The zero-order chi connectivity index (χ0) is 26.3. The minimum atomic E-state index is -0.357. The number of nitrogens with one attached hydrogen (secondary N) is 1. The lowest BCUT2D eigenvalue weighted by atomic mass is 10.1. The van der Waals surface area contributed by atoms with Crippen LogP contribution in [-0.2, 0) is 24.4 Å². The molecule has 1 aromatic heterocycles. The van der Waals surface area contributed by atoms with Crippen LogP contribution < -0.4 is 21.5 Å². The summed E-state index contributed by atoms with van der Waals surface area (Å²) in [5.41, 5.74) is 1.43. The van der Waals surface area contributed by atoms with Crippen LogP contribution in [0.25, 0.3) is 0 Å². The van der Waals surface area contributed by atoms with Gasteiger partial charge in [-0.15, -0.1) is 5.10 Å². The number of hydrogen-bond acceptors (Lipinski definition) is 6. The van der Waals surface area contributed by atoms with Crippen LogP contribution in [0.1, 0.15) is 69.9 Å². The Kier molecular flexibility index (Phi) is 11.9. The first-order valence-corrected chi connectivity index (χ1v) is 13.5. The molecule has 2 aromatic carbocycles. The van der Waals surface area contributed by atoms with Crippen molar-refractivity contribution in [1.29, 1.82) is 0 Å². The van der Waals surface area contributed by atoms with Crippen LogP contribution in [0.5, 0.6) is 5.75 Å². The summed E-state index contributed by atoms with van der Waals surface area (Å²) in [7, 11) is 0. The highest BCUT2D eigenvalue weighted by atomic mass is 17.2. The largest absolute Gasteiger partial charge is 0.364 e. The molecule has 8 heteroatoms. The Labute approximate surface area is 219 Å². The monoisotopic (exact) mass is 508 g/mol. The summed E-state index contributed by atoms with van der Waals surface area (Å²) < 4.78 is 2.74. The molecule has 200 valence electrons. The highest BCUT2D eigenvalue weighted by Gasteiger charge is 2.13. The number of hydrogen-bond donors (Lipinski definition) is 1. The lowest BCUT2D eigenvalue weighted by Gasteiger charge is -2.13. The summed E-state index contributed by atoms with van der Waals surface area (Å²) in [4.78, 5) is 36.5. The van der Waals surface area contributed by atoms with E-state index in [-0.39, 0.29) is 17.1 Å². The molecule has 0 atom stereocenters. The summed E-state index contributed by atoms with van der Waals surface area (Å²) in [5.74, 6) is 0.925. The maximum Gasteiger partial charge on any atom is 0.347 e. The van der Waals surface area contributed by atoms with Crippen molar-refractivity contribution in [3.05, 3.63) is 86.6 Å². The van der Waals surface area contributed by atoms with E-state index in [2.05, 4.69) is 23.4 Å². The Bertz CT molecular complexity index is 1190. The minimum absolute atomic E-state index is 0.233. The molecule has 37 heavy (non-hydrogen) atoms. The van der Waals surface area contributed by atoms with Gasteiger partial charge in [0.2, 0.25) is 5.82 Å². The van der Waals surface area contributed by atoms with Crippen LogP contribution in [0.15, 0.2) is 64.2 Å². The van der Waals surface area contributed by atoms with Crippen molar-refractivity contribution < 1.29 is 9.78 Å². The molecule has 0 radical (unpaired) electrons. The number of rotatable bonds is 17. The SMILES string of the molecule is CCCCCCCn1c(=O)c(NCCCCc2cccc(OOCC)c2)nn(Cc2ccccc2)c1=O. The van der Waals surface area contributed by atoms with Gasteiger partial charge in [-0.05, 0) is 55.9 Å². The Morgan fingerprint density at radius 1 is 0.865 bits per heavy atom. The number of benzene rings is 2. The van der Waals surface area contributed by atoms with Crippen molar-refractivity contribution in [1.82, 2.24) is 14.3 Å². The summed E-state index contributed by atoms with van der Waals surface area (Å²) >= 11 is 0. The van der Waals surface area contributed by atoms with E-state index in [4.69, 9.17) is 9.78 Å². The number of nitrogens with zero attached hydrogens (tertiary/aromatic N) is 3. The van der Waals surface area contributed by atoms with Crippen molar-refractivity contribution in [3.63, 3.8) is 0 Å². The van der Waals surface area contributed by atoms with Gasteiger partial charge in [0.05, 0.1) is 13.2 Å². The fourth-order valence-electron chi connectivity index (χ4n) is 4.14. The quantitative estimate of drug-likeness (QED) is 0.153. The molecular formula is C29H40N4O4. The molecule has 0 aliphatic carbocycles. The smallest absolute Gasteiger partial charge is 0.347 e. The topological polar surface area (TPSA) is 87.4 Å². The second kappa shape index (κ2) is 15.7. The average molecular weight is 509 g/mol. The normalized spacial score (nSPS) is 11.0. The maximum atomic E-state index is 13.1. The zero-order valence-corrected chi connectivity index (χ0v) is 22.2. The van der Waals surface area contributed by atoms with Gasteiger partial charge in [0.25, 0.3) is 5.56 Å². The summed E-state index contributed by atoms with van der Waals surface area (Å²) in [6.45, 7) is 5.86. The molecule has 3 rings (SSSR count). The zero-order valence-electron chi connectivity index (χ0n) is 22.2. The lowest BCUT2D eigenvalue weighted by molar-refractivity contribution is -0.202. The highest BCUT2D eigenvalue weighted by Crippen LogP contribution is 2.15. The predicted octanol–water partition coefficient (Wildman–Crippen LogP) is 5.19. The van der Waals surface area contributed by atoms with Gasteiger partial charge in [0.15, 0.2) is 5.75 Å². The van der Waals surface area contributed by atoms with Crippen LogP contribution in [-0.4, -0.2) is 27.5 Å². The van der Waals surface area contributed by atoms with E-state index < -0.39 is 0 Å². The molecule has 0 aliphatic heterocycles. The Morgan fingerprint density at radius 2 is 1.65 bits per heavy atom. The predicted molar refractivity (Wildman–Crippen MR) is 147 cm³/mol. The third-order valence-electron chi connectivity index (χ3n) is 6.14. The first-order valence-electron chi connectivity index (χ1n) is 13.5. The molecular weight excluding hydrogens is 468 g/mol. The van der Waals surface area contributed by atoms with E-state index in [1.165, 1.54) is 15.7 Å². The van der Waals surface area contributed by atoms with Gasteiger partial charge in [-0.1, -0.05) is 75.1 Å². The molecule has 0 amide bonds. The summed E-state index contributed by atoms with van der Waals surface area (Å²) in [6.07, 6.45) is 7.90. The first kappa shape index (κ1) is 28.2. The second-order valence-electron chi connectivity index (χ2n) is 9.17. The number of anilines is 1. The Morgan fingerprint density at radius 3 is 2.43 bits per heavy atom. The molecule has 1 heterocycles. The minimum Gasteiger partial charge on any atom is -0.364 e. The van der Waals surface area contributed by atoms with Gasteiger partial charge >= 0.3 is 5.69 Å². The van der Waals surface area contributed by atoms with Crippen LogP contribution >= 0.6 is 0 Å². The standard InChI is InChI=1S/C29H40N4O4/c1-3-5-6-7-13-21-32-28(34)27(31-33(29(32)35)23-25-16-9-8-10-17-25)30-20-12-11-15-24-18-14-19-26(22-24)37-36-4-2/h8-10,14,16-19,22H,3-7,11-13,15,20-21,23H2,1-2H3,(H,30,31). The van der Waals surface area contributed by atoms with Gasteiger partial charge in [-0.3, -0.25) is 9.36 Å². The molecule has 0 bridgehead atoms. The maximum absolute atomic E-state index is 13.1. The van der Waals surface area contributed by atoms with Gasteiger partial charge in [-0.2, -0.15) is 4.89 Å². The Hall–Kier alpha value is -3.39. The van der Waals surface area contributed by atoms with Gasteiger partial charge < -0.3 is 10.2 Å². The van der Waals surface area contributed by atoms with Crippen molar-refractivity contribution in [3.8, 4) is 5.75 Å². The lowest BCUT2D eigenvalue weighted by Crippen LogP contribution is -2.43. The van der Waals surface area contributed by atoms with Crippen molar-refractivity contribution in [2.75, 3.05) is 18.5 Å². The summed E-state index contributed by atoms with van der Waals surface area (Å²) in [5, 5.41) is 7.60. The average Bonchev–Trinajstić information content (AvgIpc) is 2.92.